The number of nitrogens with two attached hydrogens (primary N) is 1. The Labute approximate surface area is 101 Å². The van der Waals surface area contributed by atoms with E-state index in [2.05, 4.69) is 0 Å². The molecule has 0 radical (unpaired) electrons. The predicted octanol–water partition coefficient (Wildman–Crippen LogP) is 2.60. The molecule has 18 heavy (non-hydrogen) atoms. The standard InChI is InChI=1S/C12H11F3N2O/c13-12(14,15)8-6-18-10-3-1-2-9(11(8)10)17-4-7(16)5-17/h1-3,6-7H,4-5,16H2. The molecule has 96 valence electrons. The van der Waals surface area contributed by atoms with Crippen LogP contribution in [-0.4, -0.2) is 19.1 Å². The number of anilines is 1. The second-order valence-electron chi connectivity index (χ2n) is 4.46. The second kappa shape index (κ2) is 3.65. The Kier molecular flexibility index (Phi) is 2.31. The molecule has 0 bridgehead atoms. The first-order valence-corrected chi connectivity index (χ1v) is 5.55. The summed E-state index contributed by atoms with van der Waals surface area (Å²) in [6.07, 6.45) is -3.64. The van der Waals surface area contributed by atoms with Gasteiger partial charge in [0.05, 0.1) is 5.39 Å². The summed E-state index contributed by atoms with van der Waals surface area (Å²) in [5.74, 6) is 0. The average Bonchev–Trinajstić information content (AvgIpc) is 2.67. The summed E-state index contributed by atoms with van der Waals surface area (Å²) in [4.78, 5) is 1.83. The number of nitrogens with zero attached hydrogens (tertiary/aromatic N) is 1. The lowest BCUT2D eigenvalue weighted by molar-refractivity contribution is -0.136. The number of fused-ring (bicyclic) bond motifs is 1. The van der Waals surface area contributed by atoms with E-state index in [1.807, 2.05) is 4.90 Å². The highest BCUT2D eigenvalue weighted by atomic mass is 19.4. The van der Waals surface area contributed by atoms with Crippen molar-refractivity contribution in [3.05, 3.63) is 30.0 Å². The van der Waals surface area contributed by atoms with E-state index in [1.54, 1.807) is 12.1 Å². The van der Waals surface area contributed by atoms with Gasteiger partial charge < -0.3 is 15.1 Å². The van der Waals surface area contributed by atoms with Gasteiger partial charge in [-0.15, -0.1) is 0 Å². The number of benzene rings is 1. The van der Waals surface area contributed by atoms with Gasteiger partial charge in [0.25, 0.3) is 0 Å². The van der Waals surface area contributed by atoms with E-state index in [1.165, 1.54) is 6.07 Å². The average molecular weight is 256 g/mol. The first-order valence-electron chi connectivity index (χ1n) is 5.55. The van der Waals surface area contributed by atoms with Gasteiger partial charge in [-0.3, -0.25) is 0 Å². The molecular formula is C12H11F3N2O. The molecule has 1 aromatic carbocycles. The highest BCUT2D eigenvalue weighted by Crippen LogP contribution is 2.41. The molecule has 2 heterocycles. The fourth-order valence-electron chi connectivity index (χ4n) is 2.25. The lowest BCUT2D eigenvalue weighted by atomic mass is 10.0. The van der Waals surface area contributed by atoms with Crippen molar-refractivity contribution in [3.63, 3.8) is 0 Å². The molecule has 3 rings (SSSR count). The molecule has 2 N–H and O–H groups in total. The molecular weight excluding hydrogens is 245 g/mol. The number of alkyl halides is 3. The predicted molar refractivity (Wildman–Crippen MR) is 61.4 cm³/mol. The van der Waals surface area contributed by atoms with Crippen LogP contribution in [0.2, 0.25) is 0 Å². The second-order valence-corrected chi connectivity index (χ2v) is 4.46. The maximum atomic E-state index is 12.9. The first kappa shape index (κ1) is 11.4. The minimum atomic E-state index is -4.41. The van der Waals surface area contributed by atoms with Gasteiger partial charge in [-0.25, -0.2) is 0 Å². The molecule has 0 atom stereocenters. The van der Waals surface area contributed by atoms with Gasteiger partial charge in [0.2, 0.25) is 0 Å². The number of hydrogen-bond acceptors (Lipinski definition) is 3. The Hall–Kier alpha value is -1.69. The third-order valence-electron chi connectivity index (χ3n) is 3.13. The van der Waals surface area contributed by atoms with Crippen molar-refractivity contribution in [1.29, 1.82) is 0 Å². The molecule has 1 aliphatic heterocycles. The van der Waals surface area contributed by atoms with Crippen LogP contribution in [0.25, 0.3) is 11.0 Å². The van der Waals surface area contributed by atoms with Crippen molar-refractivity contribution in [3.8, 4) is 0 Å². The minimum Gasteiger partial charge on any atom is -0.464 e. The molecule has 0 spiro atoms. The molecule has 1 aliphatic rings. The maximum Gasteiger partial charge on any atom is 0.420 e. The summed E-state index contributed by atoms with van der Waals surface area (Å²) < 4.78 is 43.7. The molecule has 1 saturated heterocycles. The third kappa shape index (κ3) is 1.64. The molecule has 0 unspecified atom stereocenters. The minimum absolute atomic E-state index is 0.0292. The highest BCUT2D eigenvalue weighted by Gasteiger charge is 2.37. The van der Waals surface area contributed by atoms with Crippen LogP contribution >= 0.6 is 0 Å². The summed E-state index contributed by atoms with van der Waals surface area (Å²) in [7, 11) is 0. The fourth-order valence-corrected chi connectivity index (χ4v) is 2.25. The Morgan fingerprint density at radius 2 is 2.00 bits per heavy atom. The van der Waals surface area contributed by atoms with Crippen molar-refractivity contribution < 1.29 is 17.6 Å². The number of hydrogen-bond donors (Lipinski definition) is 1. The van der Waals surface area contributed by atoms with Crippen molar-refractivity contribution in [2.75, 3.05) is 18.0 Å². The smallest absolute Gasteiger partial charge is 0.420 e. The molecule has 0 amide bonds. The quantitative estimate of drug-likeness (QED) is 0.852. The van der Waals surface area contributed by atoms with Gasteiger partial charge >= 0.3 is 6.18 Å². The van der Waals surface area contributed by atoms with Crippen LogP contribution in [0.4, 0.5) is 18.9 Å². The van der Waals surface area contributed by atoms with E-state index in [0.717, 1.165) is 6.26 Å². The van der Waals surface area contributed by atoms with Gasteiger partial charge in [-0.1, -0.05) is 6.07 Å². The van der Waals surface area contributed by atoms with Crippen molar-refractivity contribution >= 4 is 16.7 Å². The maximum absolute atomic E-state index is 12.9. The van der Waals surface area contributed by atoms with Crippen LogP contribution in [0.3, 0.4) is 0 Å². The van der Waals surface area contributed by atoms with E-state index in [-0.39, 0.29) is 17.0 Å². The molecule has 0 saturated carbocycles. The lowest BCUT2D eigenvalue weighted by Gasteiger charge is -2.39. The number of rotatable bonds is 1. The van der Waals surface area contributed by atoms with Gasteiger partial charge in [0, 0.05) is 24.8 Å². The highest BCUT2D eigenvalue weighted by molar-refractivity contribution is 5.94. The summed E-state index contributed by atoms with van der Waals surface area (Å²) >= 11 is 0. The van der Waals surface area contributed by atoms with Crippen molar-refractivity contribution in [2.45, 2.75) is 12.2 Å². The fraction of sp³-hybridized carbons (Fsp3) is 0.333. The molecule has 0 aliphatic carbocycles. The topological polar surface area (TPSA) is 42.4 Å². The normalized spacial score (nSPS) is 17.2. The Morgan fingerprint density at radius 1 is 1.28 bits per heavy atom. The zero-order valence-electron chi connectivity index (χ0n) is 9.37. The lowest BCUT2D eigenvalue weighted by Crippen LogP contribution is -2.55. The van der Waals surface area contributed by atoms with Gasteiger partial charge in [0.15, 0.2) is 0 Å². The Balaban J connectivity index is 2.16. The largest absolute Gasteiger partial charge is 0.464 e. The summed E-state index contributed by atoms with van der Waals surface area (Å²) in [5.41, 5.74) is 5.72. The van der Waals surface area contributed by atoms with E-state index < -0.39 is 11.7 Å². The van der Waals surface area contributed by atoms with Crippen LogP contribution in [-0.2, 0) is 6.18 Å². The zero-order valence-corrected chi connectivity index (χ0v) is 9.37. The molecule has 2 aromatic rings. The SMILES string of the molecule is NC1CN(c2cccc3occ(C(F)(F)F)c23)C1. The Bertz CT molecular complexity index is 585. The molecule has 3 nitrogen and oxygen atoms in total. The number of furan rings is 1. The monoisotopic (exact) mass is 256 g/mol. The molecule has 1 fully saturated rings. The van der Waals surface area contributed by atoms with E-state index in [4.69, 9.17) is 10.2 Å². The van der Waals surface area contributed by atoms with E-state index in [0.29, 0.717) is 18.8 Å². The Morgan fingerprint density at radius 3 is 2.61 bits per heavy atom. The summed E-state index contributed by atoms with van der Waals surface area (Å²) in [6.45, 7) is 1.14. The van der Waals surface area contributed by atoms with Crippen LogP contribution in [0, 0.1) is 0 Å². The molecule has 6 heteroatoms. The van der Waals surface area contributed by atoms with Gasteiger partial charge in [-0.2, -0.15) is 13.2 Å². The number of halogens is 3. The van der Waals surface area contributed by atoms with Crippen LogP contribution in [0.1, 0.15) is 5.56 Å². The van der Waals surface area contributed by atoms with Gasteiger partial charge in [-0.05, 0) is 12.1 Å². The van der Waals surface area contributed by atoms with Crippen molar-refractivity contribution in [1.82, 2.24) is 0 Å². The van der Waals surface area contributed by atoms with Crippen LogP contribution in [0.15, 0.2) is 28.9 Å². The summed E-state index contributed by atoms with van der Waals surface area (Å²) in [5, 5.41) is 0.122. The van der Waals surface area contributed by atoms with Crippen molar-refractivity contribution in [2.24, 2.45) is 5.73 Å². The third-order valence-corrected chi connectivity index (χ3v) is 3.13. The van der Waals surface area contributed by atoms with Gasteiger partial charge in [0.1, 0.15) is 17.4 Å². The van der Waals surface area contributed by atoms with E-state index >= 15 is 0 Å². The van der Waals surface area contributed by atoms with E-state index in [9.17, 15) is 13.2 Å². The zero-order chi connectivity index (χ0) is 12.9. The first-order chi connectivity index (χ1) is 8.47. The summed E-state index contributed by atoms with van der Waals surface area (Å²) in [6, 6.07) is 4.92. The van der Waals surface area contributed by atoms with Crippen LogP contribution in [0.5, 0.6) is 0 Å². The van der Waals surface area contributed by atoms with Crippen LogP contribution < -0.4 is 10.6 Å². The molecule has 1 aromatic heterocycles.